The summed E-state index contributed by atoms with van der Waals surface area (Å²) >= 11 is 0. The van der Waals surface area contributed by atoms with E-state index in [1.54, 1.807) is 13.8 Å². The Morgan fingerprint density at radius 3 is 2.50 bits per heavy atom. The summed E-state index contributed by atoms with van der Waals surface area (Å²) in [5, 5.41) is 10.5. The first-order chi connectivity index (χ1) is 6.50. The van der Waals surface area contributed by atoms with Crippen LogP contribution in [-0.2, 0) is 0 Å². The summed E-state index contributed by atoms with van der Waals surface area (Å²) in [6.45, 7) is 6.91. The van der Waals surface area contributed by atoms with Gasteiger partial charge in [-0.25, -0.2) is 0 Å². The van der Waals surface area contributed by atoms with E-state index in [-0.39, 0.29) is 4.92 Å². The average Bonchev–Trinajstić information content (AvgIpc) is 2.10. The zero-order valence-corrected chi connectivity index (χ0v) is 9.03. The lowest BCUT2D eigenvalue weighted by atomic mass is 10.0. The van der Waals surface area contributed by atoms with Crippen molar-refractivity contribution < 1.29 is 4.92 Å². The van der Waals surface area contributed by atoms with Crippen molar-refractivity contribution in [1.29, 1.82) is 0 Å². The maximum atomic E-state index is 10.5. The van der Waals surface area contributed by atoms with E-state index in [2.05, 4.69) is 6.58 Å². The number of unbranched alkanes of at least 4 members (excludes halogenated alkanes) is 2. The topological polar surface area (TPSA) is 43.1 Å². The second-order valence-electron chi connectivity index (χ2n) is 3.96. The minimum atomic E-state index is -0.838. The summed E-state index contributed by atoms with van der Waals surface area (Å²) in [4.78, 5) is 10.3. The lowest BCUT2D eigenvalue weighted by Gasteiger charge is -2.12. The first-order valence-corrected chi connectivity index (χ1v) is 4.91. The van der Waals surface area contributed by atoms with Crippen LogP contribution in [0.4, 0.5) is 0 Å². The number of rotatable bonds is 7. The molecular formula is C11H19NO2. The molecule has 0 aliphatic heterocycles. The van der Waals surface area contributed by atoms with Crippen LogP contribution in [0.25, 0.3) is 0 Å². The van der Waals surface area contributed by atoms with E-state index in [1.165, 1.54) is 0 Å². The molecule has 0 saturated carbocycles. The van der Waals surface area contributed by atoms with Gasteiger partial charge >= 0.3 is 0 Å². The lowest BCUT2D eigenvalue weighted by Crippen LogP contribution is -2.29. The van der Waals surface area contributed by atoms with Gasteiger partial charge in [-0.2, -0.15) is 0 Å². The zero-order chi connectivity index (χ0) is 11.0. The molecule has 0 heterocycles. The van der Waals surface area contributed by atoms with Gasteiger partial charge in [0.15, 0.2) is 0 Å². The van der Waals surface area contributed by atoms with E-state index in [0.717, 1.165) is 19.3 Å². The van der Waals surface area contributed by atoms with E-state index in [9.17, 15) is 10.1 Å². The molecule has 0 atom stereocenters. The van der Waals surface area contributed by atoms with E-state index in [0.29, 0.717) is 6.42 Å². The van der Waals surface area contributed by atoms with Gasteiger partial charge in [-0.05, 0) is 19.3 Å². The predicted octanol–water partition coefficient (Wildman–Crippen LogP) is 3.34. The Bertz CT molecular complexity index is 219. The molecular weight excluding hydrogens is 178 g/mol. The average molecular weight is 197 g/mol. The molecule has 0 fully saturated rings. The van der Waals surface area contributed by atoms with Crippen LogP contribution in [0.1, 0.15) is 39.5 Å². The van der Waals surface area contributed by atoms with Gasteiger partial charge < -0.3 is 0 Å². The molecule has 0 aliphatic rings. The van der Waals surface area contributed by atoms with Gasteiger partial charge in [-0.1, -0.05) is 18.2 Å². The fraction of sp³-hybridized carbons (Fsp3) is 0.636. The molecule has 0 aliphatic carbocycles. The van der Waals surface area contributed by atoms with Crippen LogP contribution >= 0.6 is 0 Å². The highest BCUT2D eigenvalue weighted by molar-refractivity contribution is 4.88. The maximum absolute atomic E-state index is 10.5. The number of hydrogen-bond acceptors (Lipinski definition) is 2. The first-order valence-electron chi connectivity index (χ1n) is 4.91. The van der Waals surface area contributed by atoms with E-state index < -0.39 is 5.54 Å². The molecule has 0 aromatic heterocycles. The van der Waals surface area contributed by atoms with Crippen molar-refractivity contribution in [3.63, 3.8) is 0 Å². The molecule has 0 bridgehead atoms. The van der Waals surface area contributed by atoms with Crippen molar-refractivity contribution in [1.82, 2.24) is 0 Å². The van der Waals surface area contributed by atoms with Crippen molar-refractivity contribution in [2.45, 2.75) is 45.1 Å². The third-order valence-corrected chi connectivity index (χ3v) is 2.06. The van der Waals surface area contributed by atoms with Gasteiger partial charge in [0.05, 0.1) is 0 Å². The molecule has 0 unspecified atom stereocenters. The smallest absolute Gasteiger partial charge is 0.220 e. The number of nitrogens with zero attached hydrogens (tertiary/aromatic N) is 1. The summed E-state index contributed by atoms with van der Waals surface area (Å²) in [7, 11) is 0. The standard InChI is InChI=1S/C11H19NO2/c1-4-5-6-7-8-9-10-11(2,3)12(13)14/h4,8-9H,1,5-7,10H2,2-3H3. The quantitative estimate of drug-likeness (QED) is 0.272. The van der Waals surface area contributed by atoms with E-state index in [1.807, 2.05) is 18.2 Å². The van der Waals surface area contributed by atoms with Crippen LogP contribution in [-0.4, -0.2) is 10.5 Å². The van der Waals surface area contributed by atoms with Crippen LogP contribution in [0, 0.1) is 10.1 Å². The highest BCUT2D eigenvalue weighted by atomic mass is 16.6. The van der Waals surface area contributed by atoms with Crippen LogP contribution in [0.5, 0.6) is 0 Å². The first kappa shape index (κ1) is 12.9. The Hall–Kier alpha value is -1.12. The van der Waals surface area contributed by atoms with E-state index in [4.69, 9.17) is 0 Å². The Morgan fingerprint density at radius 1 is 1.36 bits per heavy atom. The molecule has 0 spiro atoms. The van der Waals surface area contributed by atoms with Crippen LogP contribution in [0.3, 0.4) is 0 Å². The summed E-state index contributed by atoms with van der Waals surface area (Å²) < 4.78 is 0. The highest BCUT2D eigenvalue weighted by Crippen LogP contribution is 2.13. The summed E-state index contributed by atoms with van der Waals surface area (Å²) in [5.74, 6) is 0. The monoisotopic (exact) mass is 197 g/mol. The molecule has 0 radical (unpaired) electrons. The van der Waals surface area contributed by atoms with Crippen molar-refractivity contribution in [3.8, 4) is 0 Å². The Labute approximate surface area is 85.7 Å². The summed E-state index contributed by atoms with van der Waals surface area (Å²) in [6.07, 6.45) is 9.32. The SMILES string of the molecule is C=CCCCC=CCC(C)(C)[N+](=O)[O-]. The molecule has 0 rings (SSSR count). The minimum Gasteiger partial charge on any atom is -0.264 e. The molecule has 0 aromatic carbocycles. The predicted molar refractivity (Wildman–Crippen MR) is 58.9 cm³/mol. The summed E-state index contributed by atoms with van der Waals surface area (Å²) in [6, 6.07) is 0. The number of hydrogen-bond donors (Lipinski definition) is 0. The fourth-order valence-electron chi connectivity index (χ4n) is 0.944. The highest BCUT2D eigenvalue weighted by Gasteiger charge is 2.28. The third kappa shape index (κ3) is 5.51. The Balaban J connectivity index is 3.70. The molecule has 3 heteroatoms. The normalized spacial score (nSPS) is 11.9. The molecule has 3 nitrogen and oxygen atoms in total. The molecule has 80 valence electrons. The molecule has 0 aromatic rings. The van der Waals surface area contributed by atoms with Crippen LogP contribution < -0.4 is 0 Å². The van der Waals surface area contributed by atoms with E-state index >= 15 is 0 Å². The van der Waals surface area contributed by atoms with Crippen LogP contribution in [0.2, 0.25) is 0 Å². The van der Waals surface area contributed by atoms with Crippen molar-refractivity contribution >= 4 is 0 Å². The second kappa shape index (κ2) is 6.35. The van der Waals surface area contributed by atoms with Gasteiger partial charge in [0, 0.05) is 25.2 Å². The Morgan fingerprint density at radius 2 is 2.00 bits per heavy atom. The number of nitro groups is 1. The molecule has 14 heavy (non-hydrogen) atoms. The van der Waals surface area contributed by atoms with Gasteiger partial charge in [0.2, 0.25) is 5.54 Å². The third-order valence-electron chi connectivity index (χ3n) is 2.06. The zero-order valence-electron chi connectivity index (χ0n) is 9.03. The van der Waals surface area contributed by atoms with Gasteiger partial charge in [-0.3, -0.25) is 10.1 Å². The number of allylic oxidation sites excluding steroid dienone is 2. The second-order valence-corrected chi connectivity index (χ2v) is 3.96. The van der Waals surface area contributed by atoms with Crippen molar-refractivity contribution in [2.24, 2.45) is 0 Å². The van der Waals surface area contributed by atoms with Gasteiger partial charge in [0.25, 0.3) is 0 Å². The molecule has 0 amide bonds. The molecule has 0 saturated heterocycles. The van der Waals surface area contributed by atoms with Crippen molar-refractivity contribution in [2.75, 3.05) is 0 Å². The van der Waals surface area contributed by atoms with Gasteiger partial charge in [0.1, 0.15) is 0 Å². The fourth-order valence-corrected chi connectivity index (χ4v) is 0.944. The largest absolute Gasteiger partial charge is 0.264 e. The van der Waals surface area contributed by atoms with Crippen LogP contribution in [0.15, 0.2) is 24.8 Å². The lowest BCUT2D eigenvalue weighted by molar-refractivity contribution is -0.559. The Kier molecular flexibility index (Phi) is 5.84. The maximum Gasteiger partial charge on any atom is 0.220 e. The van der Waals surface area contributed by atoms with Gasteiger partial charge in [-0.15, -0.1) is 6.58 Å². The van der Waals surface area contributed by atoms with Crippen molar-refractivity contribution in [3.05, 3.63) is 34.9 Å². The minimum absolute atomic E-state index is 0.235. The summed E-state index contributed by atoms with van der Waals surface area (Å²) in [5.41, 5.74) is -0.838. The molecule has 0 N–H and O–H groups in total.